The van der Waals surface area contributed by atoms with Crippen molar-refractivity contribution in [1.82, 2.24) is 14.4 Å². The number of halogens is 3. The Hall–Kier alpha value is -2.90. The zero-order valence-corrected chi connectivity index (χ0v) is 11.9. The van der Waals surface area contributed by atoms with E-state index < -0.39 is 17.6 Å². The number of nitrogens with zero attached hydrogens (tertiary/aromatic N) is 3. The summed E-state index contributed by atoms with van der Waals surface area (Å²) < 4.78 is 39.1. The Balaban J connectivity index is 1.88. The Kier molecular flexibility index (Phi) is 3.51. The summed E-state index contributed by atoms with van der Waals surface area (Å²) in [5.74, 6) is -0.457. The molecule has 5 nitrogen and oxygen atoms in total. The maximum absolute atomic E-state index is 12.5. The second-order valence-corrected chi connectivity index (χ2v) is 4.86. The number of alkyl halides is 3. The van der Waals surface area contributed by atoms with Crippen LogP contribution in [0.25, 0.3) is 5.65 Å². The number of anilines is 1. The van der Waals surface area contributed by atoms with Gasteiger partial charge in [0.25, 0.3) is 5.91 Å². The van der Waals surface area contributed by atoms with Gasteiger partial charge in [-0.25, -0.2) is 9.97 Å². The van der Waals surface area contributed by atoms with Gasteiger partial charge < -0.3 is 5.32 Å². The summed E-state index contributed by atoms with van der Waals surface area (Å²) in [5.41, 5.74) is 0.555. The van der Waals surface area contributed by atoms with E-state index in [0.29, 0.717) is 23.2 Å². The Bertz CT molecular complexity index is 869. The summed E-state index contributed by atoms with van der Waals surface area (Å²) in [7, 11) is 0. The Morgan fingerprint density at radius 2 is 2.00 bits per heavy atom. The predicted molar refractivity (Wildman–Crippen MR) is 77.1 cm³/mol. The van der Waals surface area contributed by atoms with Crippen LogP contribution < -0.4 is 5.32 Å². The third-order valence-corrected chi connectivity index (χ3v) is 3.25. The van der Waals surface area contributed by atoms with Gasteiger partial charge in [-0.2, -0.15) is 13.2 Å². The van der Waals surface area contributed by atoms with Crippen LogP contribution in [-0.2, 0) is 6.18 Å². The molecule has 1 amide bonds. The minimum atomic E-state index is -4.46. The standard InChI is InChI=1S/C15H11F3N4O/c1-9-13(22-7-3-2-4-12(22)20-9)14(23)21-11-6-5-10(8-19-11)15(16,17)18/h2-8H,1H3,(H,19,21,23). The summed E-state index contributed by atoms with van der Waals surface area (Å²) in [4.78, 5) is 20.2. The molecule has 0 fully saturated rings. The van der Waals surface area contributed by atoms with Crippen LogP contribution in [0.1, 0.15) is 21.7 Å². The Morgan fingerprint density at radius 1 is 1.22 bits per heavy atom. The second kappa shape index (κ2) is 5.38. The van der Waals surface area contributed by atoms with E-state index >= 15 is 0 Å². The van der Waals surface area contributed by atoms with E-state index in [4.69, 9.17) is 0 Å². The van der Waals surface area contributed by atoms with Crippen molar-refractivity contribution in [2.45, 2.75) is 13.1 Å². The summed E-state index contributed by atoms with van der Waals surface area (Å²) in [6.07, 6.45) is -2.10. The van der Waals surface area contributed by atoms with Crippen molar-refractivity contribution in [2.75, 3.05) is 5.32 Å². The lowest BCUT2D eigenvalue weighted by Crippen LogP contribution is -2.16. The van der Waals surface area contributed by atoms with Crippen molar-refractivity contribution in [1.29, 1.82) is 0 Å². The number of imidazole rings is 1. The van der Waals surface area contributed by atoms with Crippen molar-refractivity contribution < 1.29 is 18.0 Å². The zero-order chi connectivity index (χ0) is 16.6. The van der Waals surface area contributed by atoms with E-state index in [-0.39, 0.29) is 5.82 Å². The molecule has 3 rings (SSSR count). The van der Waals surface area contributed by atoms with Gasteiger partial charge in [0.1, 0.15) is 17.2 Å². The molecule has 0 saturated carbocycles. The Morgan fingerprint density at radius 3 is 2.65 bits per heavy atom. The van der Waals surface area contributed by atoms with Crippen LogP contribution in [0, 0.1) is 6.92 Å². The maximum Gasteiger partial charge on any atom is 0.417 e. The minimum absolute atomic E-state index is 0.0354. The lowest BCUT2D eigenvalue weighted by atomic mass is 10.2. The molecule has 0 spiro atoms. The van der Waals surface area contributed by atoms with E-state index in [1.165, 1.54) is 0 Å². The first-order valence-electron chi connectivity index (χ1n) is 6.64. The number of hydrogen-bond donors (Lipinski definition) is 1. The molecule has 0 aromatic carbocycles. The van der Waals surface area contributed by atoms with E-state index in [1.807, 2.05) is 0 Å². The number of fused-ring (bicyclic) bond motifs is 1. The largest absolute Gasteiger partial charge is 0.417 e. The number of carbonyl (C=O) groups excluding carboxylic acids is 1. The third-order valence-electron chi connectivity index (χ3n) is 3.25. The molecule has 8 heteroatoms. The molecule has 0 saturated heterocycles. The lowest BCUT2D eigenvalue weighted by molar-refractivity contribution is -0.137. The van der Waals surface area contributed by atoms with Gasteiger partial charge in [0.05, 0.1) is 11.3 Å². The fourth-order valence-corrected chi connectivity index (χ4v) is 2.20. The van der Waals surface area contributed by atoms with Crippen molar-refractivity contribution in [3.05, 3.63) is 59.7 Å². The van der Waals surface area contributed by atoms with Crippen molar-refractivity contribution >= 4 is 17.4 Å². The predicted octanol–water partition coefficient (Wildman–Crippen LogP) is 3.31. The van der Waals surface area contributed by atoms with E-state index in [2.05, 4.69) is 15.3 Å². The van der Waals surface area contributed by atoms with Gasteiger partial charge in [0.15, 0.2) is 0 Å². The zero-order valence-electron chi connectivity index (χ0n) is 11.9. The number of pyridine rings is 2. The fourth-order valence-electron chi connectivity index (χ4n) is 2.20. The molecule has 23 heavy (non-hydrogen) atoms. The first-order valence-corrected chi connectivity index (χ1v) is 6.64. The SMILES string of the molecule is Cc1nc2ccccn2c1C(=O)Nc1ccc(C(F)(F)F)cn1. The van der Waals surface area contributed by atoms with Crippen LogP contribution in [0.5, 0.6) is 0 Å². The lowest BCUT2D eigenvalue weighted by Gasteiger charge is -2.08. The molecule has 0 radical (unpaired) electrons. The molecule has 0 unspecified atom stereocenters. The monoisotopic (exact) mass is 320 g/mol. The number of aryl methyl sites for hydroxylation is 1. The van der Waals surface area contributed by atoms with Crippen LogP contribution in [0.15, 0.2) is 42.7 Å². The molecule has 0 aliphatic rings. The number of amides is 1. The number of rotatable bonds is 2. The molecule has 3 aromatic heterocycles. The first-order chi connectivity index (χ1) is 10.9. The summed E-state index contributed by atoms with van der Waals surface area (Å²) in [6.45, 7) is 1.68. The number of carbonyl (C=O) groups is 1. The topological polar surface area (TPSA) is 59.3 Å². The number of aromatic nitrogens is 3. The van der Waals surface area contributed by atoms with Crippen LogP contribution in [-0.4, -0.2) is 20.3 Å². The maximum atomic E-state index is 12.5. The minimum Gasteiger partial charge on any atom is -0.305 e. The van der Waals surface area contributed by atoms with E-state index in [0.717, 1.165) is 12.1 Å². The smallest absolute Gasteiger partial charge is 0.305 e. The molecule has 118 valence electrons. The summed E-state index contributed by atoms with van der Waals surface area (Å²) >= 11 is 0. The number of hydrogen-bond acceptors (Lipinski definition) is 3. The molecule has 0 aliphatic heterocycles. The molecule has 3 aromatic rings. The van der Waals surface area contributed by atoms with E-state index in [9.17, 15) is 18.0 Å². The van der Waals surface area contributed by atoms with Crippen LogP contribution in [0.2, 0.25) is 0 Å². The quantitative estimate of drug-likeness (QED) is 0.788. The third kappa shape index (κ3) is 2.87. The normalized spacial score (nSPS) is 11.7. The molecular formula is C15H11F3N4O. The highest BCUT2D eigenvalue weighted by Gasteiger charge is 2.30. The number of nitrogens with one attached hydrogen (secondary N) is 1. The van der Waals surface area contributed by atoms with Gasteiger partial charge >= 0.3 is 6.18 Å². The molecule has 0 bridgehead atoms. The van der Waals surface area contributed by atoms with Gasteiger partial charge in [-0.1, -0.05) is 6.07 Å². The van der Waals surface area contributed by atoms with Gasteiger partial charge in [0, 0.05) is 12.4 Å². The molecule has 3 heterocycles. The van der Waals surface area contributed by atoms with E-state index in [1.54, 1.807) is 35.7 Å². The molecule has 0 aliphatic carbocycles. The highest BCUT2D eigenvalue weighted by molar-refractivity contribution is 6.03. The Labute approximate surface area is 128 Å². The molecule has 1 N–H and O–H groups in total. The molecule has 0 atom stereocenters. The van der Waals surface area contributed by atoms with Crippen LogP contribution in [0.3, 0.4) is 0 Å². The average Bonchev–Trinajstić information content (AvgIpc) is 2.82. The van der Waals surface area contributed by atoms with Gasteiger partial charge in [-0.3, -0.25) is 9.20 Å². The highest BCUT2D eigenvalue weighted by atomic mass is 19.4. The highest BCUT2D eigenvalue weighted by Crippen LogP contribution is 2.28. The fraction of sp³-hybridized carbons (Fsp3) is 0.133. The van der Waals surface area contributed by atoms with Crippen LogP contribution in [0.4, 0.5) is 19.0 Å². The van der Waals surface area contributed by atoms with Crippen LogP contribution >= 0.6 is 0 Å². The average molecular weight is 320 g/mol. The van der Waals surface area contributed by atoms with Crippen molar-refractivity contribution in [3.8, 4) is 0 Å². The van der Waals surface area contributed by atoms with Crippen molar-refractivity contribution in [2.24, 2.45) is 0 Å². The van der Waals surface area contributed by atoms with Crippen molar-refractivity contribution in [3.63, 3.8) is 0 Å². The molecular weight excluding hydrogens is 309 g/mol. The summed E-state index contributed by atoms with van der Waals surface area (Å²) in [6, 6.07) is 7.27. The second-order valence-electron chi connectivity index (χ2n) is 4.86. The van der Waals surface area contributed by atoms with Gasteiger partial charge in [-0.15, -0.1) is 0 Å². The van der Waals surface area contributed by atoms with Gasteiger partial charge in [0.2, 0.25) is 0 Å². The first kappa shape index (κ1) is 15.0. The summed E-state index contributed by atoms with van der Waals surface area (Å²) in [5, 5.41) is 2.48. The van der Waals surface area contributed by atoms with Gasteiger partial charge in [-0.05, 0) is 31.2 Å².